The molecular formula is C19H22ClN2O3+. The Morgan fingerprint density at radius 1 is 1.24 bits per heavy atom. The summed E-state index contributed by atoms with van der Waals surface area (Å²) in [7, 11) is 1.32. The fourth-order valence-electron chi connectivity index (χ4n) is 2.46. The quantitative estimate of drug-likeness (QED) is 0.777. The van der Waals surface area contributed by atoms with E-state index >= 15 is 0 Å². The van der Waals surface area contributed by atoms with Crippen LogP contribution < -0.4 is 10.6 Å². The first-order valence-electron chi connectivity index (χ1n) is 7.99. The van der Waals surface area contributed by atoms with E-state index in [2.05, 4.69) is 5.32 Å². The van der Waals surface area contributed by atoms with Crippen molar-refractivity contribution >= 4 is 29.2 Å². The number of hydrogen-bond acceptors (Lipinski definition) is 3. The Morgan fingerprint density at radius 3 is 2.64 bits per heavy atom. The smallest absolute Gasteiger partial charge is 0.337 e. The van der Waals surface area contributed by atoms with Crippen LogP contribution in [-0.2, 0) is 9.53 Å². The molecule has 0 spiro atoms. The van der Waals surface area contributed by atoms with Gasteiger partial charge in [-0.05, 0) is 37.6 Å². The molecule has 5 nitrogen and oxygen atoms in total. The fourth-order valence-corrected chi connectivity index (χ4v) is 2.77. The van der Waals surface area contributed by atoms with Gasteiger partial charge in [0.15, 0.2) is 6.54 Å². The number of quaternary nitrogens is 1. The molecule has 2 aromatic rings. The molecule has 2 rings (SSSR count). The van der Waals surface area contributed by atoms with E-state index in [1.165, 1.54) is 7.11 Å². The highest BCUT2D eigenvalue weighted by molar-refractivity contribution is 6.31. The zero-order valence-corrected chi connectivity index (χ0v) is 15.3. The third kappa shape index (κ3) is 5.05. The number of nitrogens with two attached hydrogens (primary N) is 1. The lowest BCUT2D eigenvalue weighted by atomic mass is 10.1. The minimum absolute atomic E-state index is 0.0574. The van der Waals surface area contributed by atoms with Gasteiger partial charge in [-0.15, -0.1) is 0 Å². The van der Waals surface area contributed by atoms with Gasteiger partial charge in [0.1, 0.15) is 6.04 Å². The van der Waals surface area contributed by atoms with Crippen LogP contribution in [0.25, 0.3) is 0 Å². The molecule has 132 valence electrons. The molecule has 0 fully saturated rings. The molecule has 1 atom stereocenters. The highest BCUT2D eigenvalue weighted by Crippen LogP contribution is 2.20. The Morgan fingerprint density at radius 2 is 1.96 bits per heavy atom. The number of nitrogens with one attached hydrogen (secondary N) is 1. The molecule has 0 unspecified atom stereocenters. The van der Waals surface area contributed by atoms with Gasteiger partial charge < -0.3 is 15.4 Å². The van der Waals surface area contributed by atoms with E-state index < -0.39 is 5.97 Å². The van der Waals surface area contributed by atoms with Crippen LogP contribution in [0.15, 0.2) is 42.5 Å². The van der Waals surface area contributed by atoms with E-state index in [0.717, 1.165) is 11.1 Å². The lowest BCUT2D eigenvalue weighted by Crippen LogP contribution is -2.86. The van der Waals surface area contributed by atoms with E-state index in [9.17, 15) is 9.59 Å². The van der Waals surface area contributed by atoms with E-state index in [0.29, 0.717) is 16.3 Å². The molecule has 0 aliphatic carbocycles. The molecule has 0 radical (unpaired) electrons. The summed E-state index contributed by atoms with van der Waals surface area (Å²) in [6, 6.07) is 12.7. The van der Waals surface area contributed by atoms with Crippen molar-refractivity contribution in [3.63, 3.8) is 0 Å². The van der Waals surface area contributed by atoms with Gasteiger partial charge in [-0.2, -0.15) is 0 Å². The highest BCUT2D eigenvalue weighted by atomic mass is 35.5. The zero-order chi connectivity index (χ0) is 18.4. The van der Waals surface area contributed by atoms with Gasteiger partial charge in [-0.3, -0.25) is 4.79 Å². The second-order valence-electron chi connectivity index (χ2n) is 5.82. The van der Waals surface area contributed by atoms with Crippen LogP contribution in [0.2, 0.25) is 5.02 Å². The molecule has 0 aliphatic rings. The van der Waals surface area contributed by atoms with Crippen LogP contribution >= 0.6 is 11.6 Å². The molecular weight excluding hydrogens is 340 g/mol. The summed E-state index contributed by atoms with van der Waals surface area (Å²) in [4.78, 5) is 23.9. The molecule has 3 N–H and O–H groups in total. The van der Waals surface area contributed by atoms with Crippen molar-refractivity contribution in [1.82, 2.24) is 0 Å². The largest absolute Gasteiger partial charge is 0.465 e. The molecule has 0 bridgehead atoms. The molecule has 0 aliphatic heterocycles. The fraction of sp³-hybridized carbons (Fsp3) is 0.263. The van der Waals surface area contributed by atoms with Crippen molar-refractivity contribution in [2.45, 2.75) is 19.9 Å². The van der Waals surface area contributed by atoms with Crippen LogP contribution in [-0.4, -0.2) is 25.5 Å². The maximum absolute atomic E-state index is 12.2. The van der Waals surface area contributed by atoms with Gasteiger partial charge in [0, 0.05) is 16.3 Å². The van der Waals surface area contributed by atoms with Crippen molar-refractivity contribution in [2.75, 3.05) is 19.0 Å². The maximum atomic E-state index is 12.2. The van der Waals surface area contributed by atoms with Crippen LogP contribution in [0.4, 0.5) is 5.69 Å². The van der Waals surface area contributed by atoms with Crippen molar-refractivity contribution in [2.24, 2.45) is 0 Å². The molecule has 0 heterocycles. The molecule has 25 heavy (non-hydrogen) atoms. The van der Waals surface area contributed by atoms with Crippen molar-refractivity contribution in [1.29, 1.82) is 0 Å². The predicted octanol–water partition coefficient (Wildman–Crippen LogP) is 2.70. The predicted molar refractivity (Wildman–Crippen MR) is 97.8 cm³/mol. The van der Waals surface area contributed by atoms with Crippen LogP contribution in [0.3, 0.4) is 0 Å². The third-order valence-electron chi connectivity index (χ3n) is 3.99. The van der Waals surface area contributed by atoms with Crippen LogP contribution in [0.1, 0.15) is 34.5 Å². The lowest BCUT2D eigenvalue weighted by molar-refractivity contribution is -0.682. The summed E-state index contributed by atoms with van der Waals surface area (Å²) in [5.41, 5.74) is 2.87. The summed E-state index contributed by atoms with van der Waals surface area (Å²) >= 11 is 6.18. The van der Waals surface area contributed by atoms with E-state index in [1.54, 1.807) is 18.2 Å². The Hall–Kier alpha value is -2.37. The Bertz CT molecular complexity index is 777. The van der Waals surface area contributed by atoms with Crippen molar-refractivity contribution in [3.8, 4) is 0 Å². The second kappa shape index (κ2) is 8.65. The number of benzene rings is 2. The number of carbonyl (C=O) groups is 2. The highest BCUT2D eigenvalue weighted by Gasteiger charge is 2.15. The number of esters is 1. The van der Waals surface area contributed by atoms with Crippen LogP contribution in [0.5, 0.6) is 0 Å². The van der Waals surface area contributed by atoms with Gasteiger partial charge in [0.05, 0.1) is 12.7 Å². The first kappa shape index (κ1) is 19.0. The van der Waals surface area contributed by atoms with E-state index in [1.807, 2.05) is 43.4 Å². The Kier molecular flexibility index (Phi) is 6.56. The first-order chi connectivity index (χ1) is 11.9. The average Bonchev–Trinajstić information content (AvgIpc) is 2.61. The minimum atomic E-state index is -0.436. The SMILES string of the molecule is COC(=O)c1ccc(C)c(NC(=O)C[NH2+][C@@H](C)c2ccccc2Cl)c1. The number of aryl methyl sites for hydroxylation is 1. The summed E-state index contributed by atoms with van der Waals surface area (Å²) in [5, 5.41) is 5.44. The average molecular weight is 362 g/mol. The summed E-state index contributed by atoms with van der Waals surface area (Å²) < 4.78 is 4.70. The van der Waals surface area contributed by atoms with E-state index in [4.69, 9.17) is 16.3 Å². The van der Waals surface area contributed by atoms with Crippen LogP contribution in [0, 0.1) is 6.92 Å². The topological polar surface area (TPSA) is 72.0 Å². The summed E-state index contributed by atoms with van der Waals surface area (Å²) in [5.74, 6) is -0.585. The van der Waals surface area contributed by atoms with Gasteiger partial charge in [0.25, 0.3) is 5.91 Å². The molecule has 6 heteroatoms. The molecule has 1 amide bonds. The standard InChI is InChI=1S/C19H21ClN2O3/c1-12-8-9-14(19(24)25-3)10-17(12)22-18(23)11-21-13(2)15-6-4-5-7-16(15)20/h4-10,13,21H,11H2,1-3H3,(H,22,23)/p+1/t13-/m0/s1. The molecule has 2 aromatic carbocycles. The Labute approximate surface area is 152 Å². The van der Waals surface area contributed by atoms with Crippen molar-refractivity contribution in [3.05, 3.63) is 64.2 Å². The normalized spacial score (nSPS) is 11.7. The zero-order valence-electron chi connectivity index (χ0n) is 14.5. The molecule has 0 saturated carbocycles. The second-order valence-corrected chi connectivity index (χ2v) is 6.23. The number of halogens is 1. The number of ether oxygens (including phenoxy) is 1. The number of carbonyl (C=O) groups excluding carboxylic acids is 2. The third-order valence-corrected chi connectivity index (χ3v) is 4.33. The molecule has 0 aromatic heterocycles. The number of methoxy groups -OCH3 is 1. The summed E-state index contributed by atoms with van der Waals surface area (Å²) in [6.45, 7) is 4.11. The number of amides is 1. The first-order valence-corrected chi connectivity index (χ1v) is 8.36. The Balaban J connectivity index is 1.98. The van der Waals surface area contributed by atoms with Gasteiger partial charge in [-0.25, -0.2) is 4.79 Å². The van der Waals surface area contributed by atoms with Gasteiger partial charge in [0.2, 0.25) is 0 Å². The maximum Gasteiger partial charge on any atom is 0.337 e. The summed E-state index contributed by atoms with van der Waals surface area (Å²) in [6.07, 6.45) is 0. The number of anilines is 1. The molecule has 0 saturated heterocycles. The van der Waals surface area contributed by atoms with Gasteiger partial charge >= 0.3 is 5.97 Å². The van der Waals surface area contributed by atoms with Crippen molar-refractivity contribution < 1.29 is 19.6 Å². The number of rotatable bonds is 6. The van der Waals surface area contributed by atoms with Gasteiger partial charge in [-0.1, -0.05) is 35.9 Å². The number of hydrogen-bond donors (Lipinski definition) is 2. The van der Waals surface area contributed by atoms with E-state index in [-0.39, 0.29) is 18.5 Å². The monoisotopic (exact) mass is 361 g/mol. The minimum Gasteiger partial charge on any atom is -0.465 e. The lowest BCUT2D eigenvalue weighted by Gasteiger charge is -2.13.